The molecule has 24 heavy (non-hydrogen) atoms. The van der Waals surface area contributed by atoms with Crippen LogP contribution >= 0.6 is 0 Å². The number of carbonyl (C=O) groups excluding carboxylic acids is 3. The van der Waals surface area contributed by atoms with Crippen LogP contribution in [0.2, 0.25) is 0 Å². The Morgan fingerprint density at radius 3 is 2.50 bits per heavy atom. The molecule has 2 atom stereocenters. The molecule has 3 aliphatic rings. The second-order valence-corrected chi connectivity index (χ2v) is 8.02. The third-order valence-corrected chi connectivity index (χ3v) is 6.13. The summed E-state index contributed by atoms with van der Waals surface area (Å²) < 4.78 is 0. The van der Waals surface area contributed by atoms with Crippen molar-refractivity contribution in [2.75, 3.05) is 6.54 Å². The lowest BCUT2D eigenvalue weighted by Gasteiger charge is -2.33. The second kappa shape index (κ2) is 6.73. The predicted octanol–water partition coefficient (Wildman–Crippen LogP) is 2.18. The van der Waals surface area contributed by atoms with E-state index in [2.05, 4.69) is 24.5 Å². The van der Waals surface area contributed by atoms with Crippen molar-refractivity contribution in [3.05, 3.63) is 0 Å². The van der Waals surface area contributed by atoms with Gasteiger partial charge in [0, 0.05) is 6.04 Å². The summed E-state index contributed by atoms with van der Waals surface area (Å²) in [6.45, 7) is 4.16. The van der Waals surface area contributed by atoms with Crippen molar-refractivity contribution in [1.29, 1.82) is 0 Å². The van der Waals surface area contributed by atoms with Gasteiger partial charge in [-0.25, -0.2) is 4.79 Å². The number of rotatable bonds is 3. The Morgan fingerprint density at radius 2 is 1.83 bits per heavy atom. The number of carbonyl (C=O) groups is 3. The Bertz CT molecular complexity index is 526. The van der Waals surface area contributed by atoms with E-state index in [0.717, 1.165) is 37.0 Å². The maximum Gasteiger partial charge on any atom is 0.325 e. The van der Waals surface area contributed by atoms with E-state index in [1.54, 1.807) is 0 Å². The zero-order chi connectivity index (χ0) is 17.3. The molecule has 0 aromatic rings. The van der Waals surface area contributed by atoms with Crippen LogP contribution in [0, 0.1) is 11.8 Å². The molecule has 6 heteroatoms. The van der Waals surface area contributed by atoms with Gasteiger partial charge in [0.1, 0.15) is 12.1 Å². The van der Waals surface area contributed by atoms with E-state index >= 15 is 0 Å². The lowest BCUT2D eigenvalue weighted by atomic mass is 9.77. The summed E-state index contributed by atoms with van der Waals surface area (Å²) in [6, 6.07) is -0.252. The number of amides is 4. The summed E-state index contributed by atoms with van der Waals surface area (Å²) in [6.07, 6.45) is 7.66. The maximum absolute atomic E-state index is 12.8. The van der Waals surface area contributed by atoms with E-state index in [0.29, 0.717) is 24.7 Å². The van der Waals surface area contributed by atoms with Crippen molar-refractivity contribution < 1.29 is 14.4 Å². The van der Waals surface area contributed by atoms with Gasteiger partial charge < -0.3 is 10.6 Å². The lowest BCUT2D eigenvalue weighted by molar-refractivity contribution is -0.136. The zero-order valence-electron chi connectivity index (χ0n) is 14.8. The molecule has 134 valence electrons. The summed E-state index contributed by atoms with van der Waals surface area (Å²) in [7, 11) is 0. The van der Waals surface area contributed by atoms with Crippen molar-refractivity contribution in [2.24, 2.45) is 11.8 Å². The van der Waals surface area contributed by atoms with Crippen molar-refractivity contribution in [3.8, 4) is 0 Å². The molecule has 0 bridgehead atoms. The van der Waals surface area contributed by atoms with E-state index in [-0.39, 0.29) is 24.4 Å². The first-order valence-corrected chi connectivity index (χ1v) is 9.35. The fourth-order valence-corrected chi connectivity index (χ4v) is 4.34. The van der Waals surface area contributed by atoms with Gasteiger partial charge >= 0.3 is 6.03 Å². The van der Waals surface area contributed by atoms with E-state index < -0.39 is 11.6 Å². The first-order chi connectivity index (χ1) is 11.4. The quantitative estimate of drug-likeness (QED) is 0.776. The molecule has 6 nitrogen and oxygen atoms in total. The number of imide groups is 1. The van der Waals surface area contributed by atoms with Crippen molar-refractivity contribution in [1.82, 2.24) is 15.5 Å². The van der Waals surface area contributed by atoms with Crippen LogP contribution < -0.4 is 10.6 Å². The minimum atomic E-state index is -0.762. The number of hydrogen-bond donors (Lipinski definition) is 2. The van der Waals surface area contributed by atoms with E-state index in [1.165, 1.54) is 6.42 Å². The molecule has 1 spiro atoms. The highest BCUT2D eigenvalue weighted by Crippen LogP contribution is 2.36. The van der Waals surface area contributed by atoms with Gasteiger partial charge in [0.05, 0.1) is 0 Å². The van der Waals surface area contributed by atoms with Gasteiger partial charge in [0.2, 0.25) is 5.91 Å². The molecule has 3 rings (SSSR count). The van der Waals surface area contributed by atoms with E-state index in [4.69, 9.17) is 0 Å². The highest BCUT2D eigenvalue weighted by molar-refractivity contribution is 6.09. The van der Waals surface area contributed by atoms with Crippen LogP contribution in [0.25, 0.3) is 0 Å². The number of urea groups is 1. The molecule has 0 radical (unpaired) electrons. The molecule has 1 saturated heterocycles. The highest BCUT2D eigenvalue weighted by Gasteiger charge is 2.52. The van der Waals surface area contributed by atoms with Gasteiger partial charge in [-0.2, -0.15) is 0 Å². The molecular weight excluding hydrogens is 306 g/mol. The predicted molar refractivity (Wildman–Crippen MR) is 90.2 cm³/mol. The monoisotopic (exact) mass is 335 g/mol. The summed E-state index contributed by atoms with van der Waals surface area (Å²) >= 11 is 0. The van der Waals surface area contributed by atoms with Gasteiger partial charge in [-0.3, -0.25) is 14.5 Å². The fraction of sp³-hybridized carbons (Fsp3) is 0.833. The topological polar surface area (TPSA) is 78.5 Å². The molecule has 2 N–H and O–H groups in total. The van der Waals surface area contributed by atoms with Gasteiger partial charge in [-0.05, 0) is 50.4 Å². The SMILES string of the molecule is CC1CCC2(CC1)NC(=O)N(CC(=O)N[C@@H]1CCCC[C@@H]1C)C2=O. The van der Waals surface area contributed by atoms with Crippen LogP contribution in [-0.4, -0.2) is 40.9 Å². The van der Waals surface area contributed by atoms with Crippen LogP contribution in [0.3, 0.4) is 0 Å². The minimum Gasteiger partial charge on any atom is -0.352 e. The van der Waals surface area contributed by atoms with Crippen molar-refractivity contribution in [2.45, 2.75) is 76.8 Å². The van der Waals surface area contributed by atoms with E-state index in [1.807, 2.05) is 0 Å². The van der Waals surface area contributed by atoms with E-state index in [9.17, 15) is 14.4 Å². The normalized spacial score (nSPS) is 36.8. The Kier molecular flexibility index (Phi) is 4.83. The largest absolute Gasteiger partial charge is 0.352 e. The maximum atomic E-state index is 12.8. The molecule has 0 aromatic heterocycles. The lowest BCUT2D eigenvalue weighted by Crippen LogP contribution is -2.50. The van der Waals surface area contributed by atoms with Crippen LogP contribution in [0.15, 0.2) is 0 Å². The van der Waals surface area contributed by atoms with Gasteiger partial charge in [-0.1, -0.05) is 26.7 Å². The van der Waals surface area contributed by atoms with Crippen molar-refractivity contribution in [3.63, 3.8) is 0 Å². The smallest absolute Gasteiger partial charge is 0.325 e. The zero-order valence-corrected chi connectivity index (χ0v) is 14.8. The molecule has 1 heterocycles. The van der Waals surface area contributed by atoms with Crippen molar-refractivity contribution >= 4 is 17.8 Å². The third-order valence-electron chi connectivity index (χ3n) is 6.13. The molecule has 0 aromatic carbocycles. The fourth-order valence-electron chi connectivity index (χ4n) is 4.34. The Balaban J connectivity index is 1.59. The minimum absolute atomic E-state index is 0.162. The first-order valence-electron chi connectivity index (χ1n) is 9.35. The Hall–Kier alpha value is -1.59. The second-order valence-electron chi connectivity index (χ2n) is 8.02. The number of hydrogen-bond acceptors (Lipinski definition) is 3. The van der Waals surface area contributed by atoms with Crippen LogP contribution in [0.4, 0.5) is 4.79 Å². The average molecular weight is 335 g/mol. The highest BCUT2D eigenvalue weighted by atomic mass is 16.2. The van der Waals surface area contributed by atoms with Gasteiger partial charge in [0.25, 0.3) is 5.91 Å². The summed E-state index contributed by atoms with van der Waals surface area (Å²) in [5.41, 5.74) is -0.762. The Labute approximate surface area is 143 Å². The summed E-state index contributed by atoms with van der Waals surface area (Å²) in [4.78, 5) is 38.5. The first kappa shape index (κ1) is 17.2. The summed E-state index contributed by atoms with van der Waals surface area (Å²) in [5, 5.41) is 5.89. The molecule has 1 aliphatic heterocycles. The summed E-state index contributed by atoms with van der Waals surface area (Å²) in [5.74, 6) is 0.604. The molecular formula is C18H29N3O3. The molecule has 2 aliphatic carbocycles. The molecule has 2 saturated carbocycles. The molecule has 0 unspecified atom stereocenters. The molecule has 4 amide bonds. The Morgan fingerprint density at radius 1 is 1.17 bits per heavy atom. The van der Waals surface area contributed by atoms with Crippen LogP contribution in [0.5, 0.6) is 0 Å². The standard InChI is InChI=1S/C18H29N3O3/c1-12-7-9-18(10-8-12)16(23)21(17(24)20-18)11-15(22)19-14-6-4-3-5-13(14)2/h12-14H,3-11H2,1-2H3,(H,19,22)(H,20,24)/t12?,13-,14+,18?/m0/s1. The number of nitrogens with one attached hydrogen (secondary N) is 2. The molecule has 3 fully saturated rings. The van der Waals surface area contributed by atoms with Gasteiger partial charge in [0.15, 0.2) is 0 Å². The number of nitrogens with zero attached hydrogens (tertiary/aromatic N) is 1. The van der Waals surface area contributed by atoms with Crippen LogP contribution in [0.1, 0.15) is 65.2 Å². The van der Waals surface area contributed by atoms with Gasteiger partial charge in [-0.15, -0.1) is 0 Å². The third kappa shape index (κ3) is 3.28. The van der Waals surface area contributed by atoms with Crippen LogP contribution in [-0.2, 0) is 9.59 Å². The average Bonchev–Trinajstić information content (AvgIpc) is 2.77.